The molecule has 5 nitrogen and oxygen atoms in total. The molecule has 2 rings (SSSR count). The molecule has 0 aromatic carbocycles. The van der Waals surface area contributed by atoms with Gasteiger partial charge in [0.1, 0.15) is 0 Å². The molecule has 0 saturated carbocycles. The molecular formula is C12H14N4O. The van der Waals surface area contributed by atoms with Gasteiger partial charge in [-0.1, -0.05) is 6.07 Å². The van der Waals surface area contributed by atoms with E-state index in [1.54, 1.807) is 10.7 Å². The number of aromatic nitrogens is 3. The van der Waals surface area contributed by atoms with Crippen molar-refractivity contribution in [3.63, 3.8) is 0 Å². The van der Waals surface area contributed by atoms with E-state index in [1.807, 2.05) is 31.3 Å². The first-order chi connectivity index (χ1) is 8.13. The molecule has 0 fully saturated rings. The minimum atomic E-state index is -0.121. The normalized spacial score (nSPS) is 10.2. The molecule has 88 valence electrons. The molecule has 2 heterocycles. The lowest BCUT2D eigenvalue weighted by Crippen LogP contribution is -2.08. The van der Waals surface area contributed by atoms with Crippen molar-refractivity contribution in [2.75, 3.05) is 5.32 Å². The summed E-state index contributed by atoms with van der Waals surface area (Å²) in [6, 6.07) is 7.63. The number of hydrogen-bond donors (Lipinski definition) is 1. The lowest BCUT2D eigenvalue weighted by atomic mass is 10.3. The standard InChI is InChI=1S/C12H14N4O/c1-9-4-3-5-11(13-9)8-16-7-6-12(15-16)14-10(2)17/h3-7H,8H2,1-2H3,(H,14,15,17). The Kier molecular flexibility index (Phi) is 3.18. The SMILES string of the molecule is CC(=O)Nc1ccn(Cc2cccc(C)n2)n1. The van der Waals surface area contributed by atoms with Gasteiger partial charge in [0.05, 0.1) is 12.2 Å². The monoisotopic (exact) mass is 230 g/mol. The number of carbonyl (C=O) groups excluding carboxylic acids is 1. The Labute approximate surface area is 99.5 Å². The van der Waals surface area contributed by atoms with Gasteiger partial charge in [0, 0.05) is 24.9 Å². The van der Waals surface area contributed by atoms with Crippen LogP contribution in [0, 0.1) is 6.92 Å². The topological polar surface area (TPSA) is 59.8 Å². The summed E-state index contributed by atoms with van der Waals surface area (Å²) < 4.78 is 1.74. The van der Waals surface area contributed by atoms with Crippen molar-refractivity contribution in [3.8, 4) is 0 Å². The maximum absolute atomic E-state index is 10.9. The molecule has 0 aliphatic rings. The van der Waals surface area contributed by atoms with Crippen LogP contribution in [0.2, 0.25) is 0 Å². The van der Waals surface area contributed by atoms with Crippen LogP contribution in [0.4, 0.5) is 5.82 Å². The van der Waals surface area contributed by atoms with Crippen molar-refractivity contribution < 1.29 is 4.79 Å². The molecule has 5 heteroatoms. The van der Waals surface area contributed by atoms with Crippen LogP contribution < -0.4 is 5.32 Å². The first-order valence-electron chi connectivity index (χ1n) is 5.37. The summed E-state index contributed by atoms with van der Waals surface area (Å²) in [5, 5.41) is 6.85. The largest absolute Gasteiger partial charge is 0.309 e. The second kappa shape index (κ2) is 4.78. The van der Waals surface area contributed by atoms with Crippen molar-refractivity contribution in [1.82, 2.24) is 14.8 Å². The average molecular weight is 230 g/mol. The van der Waals surface area contributed by atoms with Gasteiger partial charge in [-0.05, 0) is 19.1 Å². The minimum Gasteiger partial charge on any atom is -0.309 e. The third-order valence-electron chi connectivity index (χ3n) is 2.21. The Hall–Kier alpha value is -2.17. The molecule has 0 atom stereocenters. The first-order valence-corrected chi connectivity index (χ1v) is 5.37. The number of amides is 1. The molecule has 0 bridgehead atoms. The molecule has 0 aliphatic heterocycles. The predicted molar refractivity (Wildman–Crippen MR) is 64.6 cm³/mol. The summed E-state index contributed by atoms with van der Waals surface area (Å²) in [5.41, 5.74) is 1.93. The highest BCUT2D eigenvalue weighted by Gasteiger charge is 2.02. The summed E-state index contributed by atoms with van der Waals surface area (Å²) in [5.74, 6) is 0.439. The summed E-state index contributed by atoms with van der Waals surface area (Å²) in [7, 11) is 0. The van der Waals surface area contributed by atoms with Gasteiger partial charge in [-0.15, -0.1) is 0 Å². The van der Waals surface area contributed by atoms with Crippen LogP contribution in [0.3, 0.4) is 0 Å². The Balaban J connectivity index is 2.08. The maximum atomic E-state index is 10.9. The predicted octanol–water partition coefficient (Wildman–Crippen LogP) is 1.59. The summed E-state index contributed by atoms with van der Waals surface area (Å²) >= 11 is 0. The van der Waals surface area contributed by atoms with E-state index in [-0.39, 0.29) is 5.91 Å². The smallest absolute Gasteiger partial charge is 0.222 e. The highest BCUT2D eigenvalue weighted by atomic mass is 16.1. The zero-order valence-electron chi connectivity index (χ0n) is 9.84. The van der Waals surface area contributed by atoms with Crippen LogP contribution in [0.5, 0.6) is 0 Å². The summed E-state index contributed by atoms with van der Waals surface area (Å²) in [6.07, 6.45) is 1.81. The Morgan fingerprint density at radius 2 is 2.24 bits per heavy atom. The van der Waals surface area contributed by atoms with E-state index in [0.717, 1.165) is 11.4 Å². The second-order valence-corrected chi connectivity index (χ2v) is 3.85. The third-order valence-corrected chi connectivity index (χ3v) is 2.21. The Morgan fingerprint density at radius 1 is 1.41 bits per heavy atom. The number of rotatable bonds is 3. The Bertz CT molecular complexity index is 533. The molecule has 2 aromatic rings. The molecule has 1 amide bonds. The molecule has 2 aromatic heterocycles. The second-order valence-electron chi connectivity index (χ2n) is 3.85. The van der Waals surface area contributed by atoms with E-state index in [1.165, 1.54) is 6.92 Å². The van der Waals surface area contributed by atoms with E-state index >= 15 is 0 Å². The minimum absolute atomic E-state index is 0.121. The van der Waals surface area contributed by atoms with Gasteiger partial charge in [0.25, 0.3) is 0 Å². The number of hydrogen-bond acceptors (Lipinski definition) is 3. The third kappa shape index (κ3) is 3.14. The average Bonchev–Trinajstić information content (AvgIpc) is 2.64. The van der Waals surface area contributed by atoms with Crippen molar-refractivity contribution in [1.29, 1.82) is 0 Å². The van der Waals surface area contributed by atoms with Gasteiger partial charge in [0.2, 0.25) is 5.91 Å². The van der Waals surface area contributed by atoms with Crippen molar-refractivity contribution >= 4 is 11.7 Å². The number of anilines is 1. The molecule has 0 aliphatic carbocycles. The van der Waals surface area contributed by atoms with Gasteiger partial charge in [-0.25, -0.2) is 0 Å². The van der Waals surface area contributed by atoms with E-state index in [0.29, 0.717) is 12.4 Å². The van der Waals surface area contributed by atoms with E-state index in [4.69, 9.17) is 0 Å². The molecule has 17 heavy (non-hydrogen) atoms. The molecule has 0 spiro atoms. The quantitative estimate of drug-likeness (QED) is 0.871. The fourth-order valence-corrected chi connectivity index (χ4v) is 1.55. The number of nitrogens with one attached hydrogen (secondary N) is 1. The number of aryl methyl sites for hydroxylation is 1. The van der Waals surface area contributed by atoms with Crippen molar-refractivity contribution in [2.24, 2.45) is 0 Å². The highest BCUT2D eigenvalue weighted by molar-refractivity contribution is 5.87. The fourth-order valence-electron chi connectivity index (χ4n) is 1.55. The van der Waals surface area contributed by atoms with Crippen LogP contribution >= 0.6 is 0 Å². The zero-order valence-corrected chi connectivity index (χ0v) is 9.84. The molecule has 0 radical (unpaired) electrons. The van der Waals surface area contributed by atoms with Gasteiger partial charge in [-0.2, -0.15) is 5.10 Å². The summed E-state index contributed by atoms with van der Waals surface area (Å²) in [4.78, 5) is 15.2. The van der Waals surface area contributed by atoms with Gasteiger partial charge < -0.3 is 5.32 Å². The molecule has 0 saturated heterocycles. The lowest BCUT2D eigenvalue weighted by Gasteiger charge is -2.02. The van der Waals surface area contributed by atoms with Gasteiger partial charge in [-0.3, -0.25) is 14.5 Å². The van der Waals surface area contributed by atoms with Crippen LogP contribution in [-0.2, 0) is 11.3 Å². The van der Waals surface area contributed by atoms with Gasteiger partial charge >= 0.3 is 0 Å². The van der Waals surface area contributed by atoms with E-state index in [2.05, 4.69) is 15.4 Å². The number of pyridine rings is 1. The zero-order chi connectivity index (χ0) is 12.3. The first kappa shape index (κ1) is 11.3. The van der Waals surface area contributed by atoms with Crippen molar-refractivity contribution in [2.45, 2.75) is 20.4 Å². The van der Waals surface area contributed by atoms with Crippen LogP contribution in [0.1, 0.15) is 18.3 Å². The lowest BCUT2D eigenvalue weighted by molar-refractivity contribution is -0.114. The van der Waals surface area contributed by atoms with Gasteiger partial charge in [0.15, 0.2) is 5.82 Å². The van der Waals surface area contributed by atoms with E-state index < -0.39 is 0 Å². The fraction of sp³-hybridized carbons (Fsp3) is 0.250. The van der Waals surface area contributed by atoms with E-state index in [9.17, 15) is 4.79 Å². The molecule has 0 unspecified atom stereocenters. The Morgan fingerprint density at radius 3 is 2.94 bits per heavy atom. The maximum Gasteiger partial charge on any atom is 0.222 e. The highest BCUT2D eigenvalue weighted by Crippen LogP contribution is 2.05. The number of carbonyl (C=O) groups is 1. The van der Waals surface area contributed by atoms with Crippen LogP contribution in [0.15, 0.2) is 30.5 Å². The van der Waals surface area contributed by atoms with Crippen LogP contribution in [-0.4, -0.2) is 20.7 Å². The molecule has 1 N–H and O–H groups in total. The molecular weight excluding hydrogens is 216 g/mol. The number of nitrogens with zero attached hydrogens (tertiary/aromatic N) is 3. The van der Waals surface area contributed by atoms with Crippen LogP contribution in [0.25, 0.3) is 0 Å². The van der Waals surface area contributed by atoms with Crippen molar-refractivity contribution in [3.05, 3.63) is 41.9 Å². The summed E-state index contributed by atoms with van der Waals surface area (Å²) in [6.45, 7) is 4.01.